The Hall–Kier alpha value is -2.53. The van der Waals surface area contributed by atoms with Crippen LogP contribution >= 0.6 is 11.6 Å². The van der Waals surface area contributed by atoms with E-state index < -0.39 is 5.97 Å². The standard InChI is InChI=1S/C19H21ClN2O3/c1-3-4-9-17(25-16-8-6-5-7-13(16)2)22-15-11-10-14(12-18(23)24)21-19(15)20/h5-11,22H,3-4,12H2,1-2H3,(H,23,24)/b17-9+. The van der Waals surface area contributed by atoms with E-state index in [4.69, 9.17) is 21.4 Å². The molecule has 0 saturated heterocycles. The second-order valence-electron chi connectivity index (χ2n) is 5.56. The van der Waals surface area contributed by atoms with Crippen LogP contribution in [0, 0.1) is 6.92 Å². The molecular weight excluding hydrogens is 340 g/mol. The van der Waals surface area contributed by atoms with Crippen LogP contribution in [0.1, 0.15) is 31.0 Å². The van der Waals surface area contributed by atoms with Crippen LogP contribution in [0.2, 0.25) is 5.15 Å². The highest BCUT2D eigenvalue weighted by atomic mass is 35.5. The van der Waals surface area contributed by atoms with Gasteiger partial charge in [0, 0.05) is 0 Å². The zero-order valence-electron chi connectivity index (χ0n) is 14.3. The smallest absolute Gasteiger partial charge is 0.309 e. The molecule has 0 spiro atoms. The number of pyridine rings is 1. The summed E-state index contributed by atoms with van der Waals surface area (Å²) in [5, 5.41) is 12.2. The van der Waals surface area contributed by atoms with E-state index in [2.05, 4.69) is 17.2 Å². The summed E-state index contributed by atoms with van der Waals surface area (Å²) < 4.78 is 5.97. The highest BCUT2D eigenvalue weighted by Gasteiger charge is 2.10. The quantitative estimate of drug-likeness (QED) is 0.522. The lowest BCUT2D eigenvalue weighted by Gasteiger charge is -2.15. The Bertz CT molecular complexity index is 775. The molecular formula is C19H21ClN2O3. The number of carbonyl (C=O) groups is 1. The highest BCUT2D eigenvalue weighted by molar-refractivity contribution is 6.32. The number of rotatable bonds is 8. The second-order valence-corrected chi connectivity index (χ2v) is 5.92. The fourth-order valence-electron chi connectivity index (χ4n) is 2.13. The van der Waals surface area contributed by atoms with Gasteiger partial charge >= 0.3 is 5.97 Å². The molecule has 0 atom stereocenters. The van der Waals surface area contributed by atoms with Crippen LogP contribution in [0.25, 0.3) is 0 Å². The summed E-state index contributed by atoms with van der Waals surface area (Å²) in [5.41, 5.74) is 1.99. The molecule has 0 fully saturated rings. The fraction of sp³-hybridized carbons (Fsp3) is 0.263. The number of ether oxygens (including phenoxy) is 1. The number of halogens is 1. The number of aliphatic carboxylic acids is 1. The van der Waals surface area contributed by atoms with E-state index in [9.17, 15) is 4.79 Å². The third kappa shape index (κ3) is 5.80. The summed E-state index contributed by atoms with van der Waals surface area (Å²) in [5.74, 6) is 0.366. The van der Waals surface area contributed by atoms with E-state index in [-0.39, 0.29) is 11.6 Å². The molecule has 0 unspecified atom stereocenters. The maximum Gasteiger partial charge on any atom is 0.309 e. The van der Waals surface area contributed by atoms with Crippen molar-refractivity contribution in [2.45, 2.75) is 33.1 Å². The maximum absolute atomic E-state index is 10.8. The van der Waals surface area contributed by atoms with Crippen molar-refractivity contribution in [3.8, 4) is 5.75 Å². The van der Waals surface area contributed by atoms with Crippen LogP contribution in [-0.2, 0) is 11.2 Å². The van der Waals surface area contributed by atoms with Gasteiger partial charge in [0.25, 0.3) is 0 Å². The Balaban J connectivity index is 2.20. The van der Waals surface area contributed by atoms with Gasteiger partial charge < -0.3 is 15.2 Å². The molecule has 0 bridgehead atoms. The molecule has 1 heterocycles. The van der Waals surface area contributed by atoms with E-state index >= 15 is 0 Å². The normalized spacial score (nSPS) is 11.2. The molecule has 132 valence electrons. The number of carboxylic acids is 1. The van der Waals surface area contributed by atoms with Gasteiger partial charge in [-0.1, -0.05) is 43.1 Å². The number of aromatic nitrogens is 1. The Morgan fingerprint density at radius 2 is 2.08 bits per heavy atom. The predicted octanol–water partition coefficient (Wildman–Crippen LogP) is 4.80. The number of carboxylic acid groups (broad SMARTS) is 1. The summed E-state index contributed by atoms with van der Waals surface area (Å²) >= 11 is 6.18. The molecule has 0 aliphatic carbocycles. The number of benzene rings is 1. The first-order valence-electron chi connectivity index (χ1n) is 8.07. The molecule has 0 radical (unpaired) electrons. The Kier molecular flexibility index (Phi) is 6.83. The predicted molar refractivity (Wildman–Crippen MR) is 99.0 cm³/mol. The lowest BCUT2D eigenvalue weighted by molar-refractivity contribution is -0.136. The zero-order chi connectivity index (χ0) is 18.2. The van der Waals surface area contributed by atoms with Crippen molar-refractivity contribution in [3.05, 3.63) is 64.8 Å². The molecule has 25 heavy (non-hydrogen) atoms. The third-order valence-electron chi connectivity index (χ3n) is 3.43. The molecule has 0 amide bonds. The first-order chi connectivity index (χ1) is 12.0. The lowest BCUT2D eigenvalue weighted by atomic mass is 10.2. The Morgan fingerprint density at radius 3 is 2.72 bits per heavy atom. The van der Waals surface area contributed by atoms with Gasteiger partial charge in [0.2, 0.25) is 0 Å². The minimum Gasteiger partial charge on any atom is -0.481 e. The van der Waals surface area contributed by atoms with Gasteiger partial charge in [0.1, 0.15) is 5.75 Å². The zero-order valence-corrected chi connectivity index (χ0v) is 15.0. The number of nitrogens with zero attached hydrogens (tertiary/aromatic N) is 1. The van der Waals surface area contributed by atoms with Crippen molar-refractivity contribution in [1.82, 2.24) is 4.98 Å². The number of para-hydroxylation sites is 1. The SMILES string of the molecule is CCC/C=C(\Nc1ccc(CC(=O)O)nc1Cl)Oc1ccccc1C. The summed E-state index contributed by atoms with van der Waals surface area (Å²) in [6.45, 7) is 4.05. The average molecular weight is 361 g/mol. The topological polar surface area (TPSA) is 71.5 Å². The van der Waals surface area contributed by atoms with Crippen molar-refractivity contribution >= 4 is 23.3 Å². The highest BCUT2D eigenvalue weighted by Crippen LogP contribution is 2.24. The fourth-order valence-corrected chi connectivity index (χ4v) is 2.35. The van der Waals surface area contributed by atoms with E-state index in [1.807, 2.05) is 37.3 Å². The van der Waals surface area contributed by atoms with Crippen LogP contribution in [0.15, 0.2) is 48.4 Å². The number of hydrogen-bond acceptors (Lipinski definition) is 4. The number of aryl methyl sites for hydroxylation is 1. The molecule has 5 nitrogen and oxygen atoms in total. The molecule has 2 N–H and O–H groups in total. The summed E-state index contributed by atoms with van der Waals surface area (Å²) in [6, 6.07) is 11.1. The molecule has 1 aromatic heterocycles. The van der Waals surface area contributed by atoms with E-state index in [1.54, 1.807) is 12.1 Å². The van der Waals surface area contributed by atoms with Crippen molar-refractivity contribution in [2.24, 2.45) is 0 Å². The van der Waals surface area contributed by atoms with Crippen LogP contribution in [0.3, 0.4) is 0 Å². The first kappa shape index (κ1) is 18.8. The van der Waals surface area contributed by atoms with Crippen molar-refractivity contribution in [2.75, 3.05) is 5.32 Å². The number of anilines is 1. The van der Waals surface area contributed by atoms with Crippen molar-refractivity contribution in [1.29, 1.82) is 0 Å². The Morgan fingerprint density at radius 1 is 1.32 bits per heavy atom. The van der Waals surface area contributed by atoms with Gasteiger partial charge in [-0.15, -0.1) is 0 Å². The maximum atomic E-state index is 10.8. The molecule has 1 aromatic carbocycles. The van der Waals surface area contributed by atoms with Crippen LogP contribution < -0.4 is 10.1 Å². The Labute approximate surface area is 152 Å². The summed E-state index contributed by atoms with van der Waals surface area (Å²) in [4.78, 5) is 14.9. The number of allylic oxidation sites excluding steroid dienone is 1. The van der Waals surface area contributed by atoms with Gasteiger partial charge in [-0.25, -0.2) is 4.98 Å². The molecule has 2 aromatic rings. The van der Waals surface area contributed by atoms with E-state index in [0.717, 1.165) is 24.2 Å². The van der Waals surface area contributed by atoms with Gasteiger partial charge in [-0.3, -0.25) is 4.79 Å². The summed E-state index contributed by atoms with van der Waals surface area (Å²) in [7, 11) is 0. The molecule has 0 aliphatic heterocycles. The summed E-state index contributed by atoms with van der Waals surface area (Å²) in [6.07, 6.45) is 3.61. The molecule has 6 heteroatoms. The van der Waals surface area contributed by atoms with Crippen molar-refractivity contribution in [3.63, 3.8) is 0 Å². The molecule has 0 saturated carbocycles. The first-order valence-corrected chi connectivity index (χ1v) is 8.45. The van der Waals surface area contributed by atoms with Gasteiger partial charge in [0.05, 0.1) is 17.8 Å². The van der Waals surface area contributed by atoms with E-state index in [1.165, 1.54) is 0 Å². The van der Waals surface area contributed by atoms with Gasteiger partial charge in [-0.2, -0.15) is 0 Å². The largest absolute Gasteiger partial charge is 0.481 e. The third-order valence-corrected chi connectivity index (χ3v) is 3.72. The molecule has 0 aliphatic rings. The van der Waals surface area contributed by atoms with Crippen LogP contribution in [0.4, 0.5) is 5.69 Å². The van der Waals surface area contributed by atoms with Crippen LogP contribution in [0.5, 0.6) is 5.75 Å². The number of nitrogens with one attached hydrogen (secondary N) is 1. The van der Waals surface area contributed by atoms with Crippen LogP contribution in [-0.4, -0.2) is 16.1 Å². The lowest BCUT2D eigenvalue weighted by Crippen LogP contribution is -2.09. The number of hydrogen-bond donors (Lipinski definition) is 2. The van der Waals surface area contributed by atoms with Crippen molar-refractivity contribution < 1.29 is 14.6 Å². The van der Waals surface area contributed by atoms with Gasteiger partial charge in [0.15, 0.2) is 11.0 Å². The van der Waals surface area contributed by atoms with Gasteiger partial charge in [-0.05, 0) is 43.2 Å². The molecule has 2 rings (SSSR count). The minimum atomic E-state index is -0.948. The average Bonchev–Trinajstić information content (AvgIpc) is 2.56. The monoisotopic (exact) mass is 360 g/mol. The minimum absolute atomic E-state index is 0.168. The number of unbranched alkanes of at least 4 members (excludes halogenated alkanes) is 1. The van der Waals surface area contributed by atoms with E-state index in [0.29, 0.717) is 17.3 Å². The second kappa shape index (κ2) is 9.08.